The molecule has 0 aromatic heterocycles. The molecule has 1 saturated heterocycles. The molecule has 1 amide bonds. The van der Waals surface area contributed by atoms with E-state index >= 15 is 0 Å². The average Bonchev–Trinajstić information content (AvgIpc) is 2.95. The second-order valence-corrected chi connectivity index (χ2v) is 8.77. The van der Waals surface area contributed by atoms with Crippen LogP contribution in [0, 0.1) is 17.5 Å². The number of rotatable bonds is 5. The van der Waals surface area contributed by atoms with Crippen molar-refractivity contribution in [3.8, 4) is 0 Å². The van der Waals surface area contributed by atoms with Crippen molar-refractivity contribution in [1.82, 2.24) is 9.21 Å². The first-order valence-corrected chi connectivity index (χ1v) is 10.7. The van der Waals surface area contributed by atoms with Crippen molar-refractivity contribution in [2.24, 2.45) is 0 Å². The Hall–Kier alpha value is -2.39. The van der Waals surface area contributed by atoms with Gasteiger partial charge >= 0.3 is 0 Å². The lowest BCUT2D eigenvalue weighted by molar-refractivity contribution is -0.131. The molecule has 0 unspecified atom stereocenters. The van der Waals surface area contributed by atoms with E-state index in [2.05, 4.69) is 0 Å². The van der Waals surface area contributed by atoms with Crippen LogP contribution in [0.1, 0.15) is 18.4 Å². The van der Waals surface area contributed by atoms with E-state index in [4.69, 9.17) is 0 Å². The summed E-state index contributed by atoms with van der Waals surface area (Å²) in [5, 5.41) is 0. The molecule has 156 valence electrons. The first-order valence-electron chi connectivity index (χ1n) is 9.25. The molecule has 1 heterocycles. The molecule has 2 aromatic carbocycles. The first kappa shape index (κ1) is 21.3. The molecular weight excluding hydrogens is 405 g/mol. The van der Waals surface area contributed by atoms with Crippen molar-refractivity contribution in [1.29, 1.82) is 0 Å². The molecule has 1 fully saturated rings. The smallest absolute Gasteiger partial charge is 0.243 e. The predicted molar refractivity (Wildman–Crippen MR) is 101 cm³/mol. The van der Waals surface area contributed by atoms with Crippen LogP contribution in [-0.2, 0) is 21.2 Å². The van der Waals surface area contributed by atoms with Crippen LogP contribution in [-0.4, -0.2) is 49.7 Å². The van der Waals surface area contributed by atoms with Crippen LogP contribution in [0.5, 0.6) is 0 Å². The minimum absolute atomic E-state index is 0.000237. The zero-order chi connectivity index (χ0) is 21.0. The number of hydrogen-bond acceptors (Lipinski definition) is 3. The summed E-state index contributed by atoms with van der Waals surface area (Å²) in [7, 11) is -3.78. The minimum Gasteiger partial charge on any atom is -0.341 e. The van der Waals surface area contributed by atoms with Crippen molar-refractivity contribution in [3.63, 3.8) is 0 Å². The van der Waals surface area contributed by atoms with E-state index in [0.29, 0.717) is 13.0 Å². The number of aryl methyl sites for hydroxylation is 1. The maximum absolute atomic E-state index is 13.7. The lowest BCUT2D eigenvalue weighted by Crippen LogP contribution is -2.37. The van der Waals surface area contributed by atoms with Crippen LogP contribution in [0.25, 0.3) is 0 Å². The topological polar surface area (TPSA) is 57.7 Å². The van der Waals surface area contributed by atoms with Gasteiger partial charge in [0, 0.05) is 32.6 Å². The normalized spacial score (nSPS) is 15.9. The summed E-state index contributed by atoms with van der Waals surface area (Å²) in [5.74, 6) is -1.89. The van der Waals surface area contributed by atoms with E-state index in [-0.39, 0.29) is 48.8 Å². The minimum atomic E-state index is -3.78. The molecule has 0 N–H and O–H groups in total. The van der Waals surface area contributed by atoms with Gasteiger partial charge < -0.3 is 4.90 Å². The molecule has 29 heavy (non-hydrogen) atoms. The maximum Gasteiger partial charge on any atom is 0.243 e. The van der Waals surface area contributed by atoms with E-state index in [0.717, 1.165) is 30.3 Å². The lowest BCUT2D eigenvalue weighted by Gasteiger charge is -2.22. The highest BCUT2D eigenvalue weighted by Crippen LogP contribution is 2.19. The second kappa shape index (κ2) is 8.96. The second-order valence-electron chi connectivity index (χ2n) is 6.83. The predicted octanol–water partition coefficient (Wildman–Crippen LogP) is 2.96. The highest BCUT2D eigenvalue weighted by molar-refractivity contribution is 7.89. The number of amides is 1. The van der Waals surface area contributed by atoms with Crippen LogP contribution < -0.4 is 0 Å². The molecule has 3 rings (SSSR count). The molecule has 0 spiro atoms. The molecule has 0 aliphatic carbocycles. The monoisotopic (exact) mass is 426 g/mol. The summed E-state index contributed by atoms with van der Waals surface area (Å²) >= 11 is 0. The number of halogens is 3. The highest BCUT2D eigenvalue weighted by atomic mass is 32.2. The molecule has 0 radical (unpaired) electrons. The van der Waals surface area contributed by atoms with Crippen LogP contribution in [0.3, 0.4) is 0 Å². The van der Waals surface area contributed by atoms with Gasteiger partial charge in [-0.05, 0) is 60.9 Å². The molecule has 1 aliphatic rings. The zero-order valence-electron chi connectivity index (χ0n) is 15.7. The Morgan fingerprint density at radius 3 is 2.31 bits per heavy atom. The van der Waals surface area contributed by atoms with Gasteiger partial charge in [0.1, 0.15) is 17.5 Å². The summed E-state index contributed by atoms with van der Waals surface area (Å²) in [6.07, 6.45) is 0.516. The van der Waals surface area contributed by atoms with Gasteiger partial charge in [0.05, 0.1) is 4.90 Å². The molecule has 2 aromatic rings. The SMILES string of the molecule is O=C(CCc1cc(F)ccc1F)N1CCCN(S(=O)(=O)c2ccc(F)cc2)CC1. The number of sulfonamides is 1. The molecule has 1 aliphatic heterocycles. The van der Waals surface area contributed by atoms with E-state index in [1.165, 1.54) is 21.3 Å². The number of carbonyl (C=O) groups excluding carboxylic acids is 1. The fourth-order valence-electron chi connectivity index (χ4n) is 3.27. The van der Waals surface area contributed by atoms with Gasteiger partial charge in [-0.1, -0.05) is 0 Å². The van der Waals surface area contributed by atoms with E-state index < -0.39 is 27.5 Å². The van der Waals surface area contributed by atoms with Gasteiger partial charge in [-0.15, -0.1) is 0 Å². The van der Waals surface area contributed by atoms with Gasteiger partial charge in [0.2, 0.25) is 15.9 Å². The Kier molecular flexibility index (Phi) is 6.59. The van der Waals surface area contributed by atoms with Gasteiger partial charge in [0.25, 0.3) is 0 Å². The zero-order valence-corrected chi connectivity index (χ0v) is 16.5. The van der Waals surface area contributed by atoms with Gasteiger partial charge in [0.15, 0.2) is 0 Å². The van der Waals surface area contributed by atoms with Crippen LogP contribution >= 0.6 is 0 Å². The van der Waals surface area contributed by atoms with Gasteiger partial charge in [-0.2, -0.15) is 4.31 Å². The maximum atomic E-state index is 13.7. The van der Waals surface area contributed by atoms with Crippen LogP contribution in [0.2, 0.25) is 0 Å². The fourth-order valence-corrected chi connectivity index (χ4v) is 4.74. The summed E-state index contributed by atoms with van der Waals surface area (Å²) in [5.41, 5.74) is 0.133. The van der Waals surface area contributed by atoms with Gasteiger partial charge in [-0.3, -0.25) is 4.79 Å². The Balaban J connectivity index is 1.61. The first-order chi connectivity index (χ1) is 13.8. The van der Waals surface area contributed by atoms with Crippen LogP contribution in [0.4, 0.5) is 13.2 Å². The standard InChI is InChI=1S/C20H21F3N2O3S/c21-16-3-6-18(7-4-16)29(27,28)25-11-1-10-24(12-13-25)20(26)9-2-15-14-17(22)5-8-19(15)23/h3-8,14H,1-2,9-13H2. The number of hydrogen-bond donors (Lipinski definition) is 0. The van der Waals surface area contributed by atoms with Crippen LogP contribution in [0.15, 0.2) is 47.4 Å². The molecule has 0 atom stereocenters. The summed E-state index contributed by atoms with van der Waals surface area (Å²) in [6, 6.07) is 7.73. The molecule has 0 saturated carbocycles. The van der Waals surface area contributed by atoms with Crippen molar-refractivity contribution >= 4 is 15.9 Å². The number of benzene rings is 2. The Morgan fingerprint density at radius 1 is 0.897 bits per heavy atom. The van der Waals surface area contributed by atoms with E-state index in [9.17, 15) is 26.4 Å². The molecule has 0 bridgehead atoms. The molecule has 5 nitrogen and oxygen atoms in total. The highest BCUT2D eigenvalue weighted by Gasteiger charge is 2.28. The third-order valence-corrected chi connectivity index (χ3v) is 6.79. The largest absolute Gasteiger partial charge is 0.341 e. The Labute approximate surface area is 167 Å². The molecule has 9 heteroatoms. The van der Waals surface area contributed by atoms with E-state index in [1.807, 2.05) is 0 Å². The van der Waals surface area contributed by atoms with Gasteiger partial charge in [-0.25, -0.2) is 21.6 Å². The Bertz CT molecular complexity index is 981. The number of carbonyl (C=O) groups is 1. The van der Waals surface area contributed by atoms with Crippen molar-refractivity contribution in [3.05, 3.63) is 65.5 Å². The third-order valence-electron chi connectivity index (χ3n) is 4.87. The lowest BCUT2D eigenvalue weighted by atomic mass is 10.1. The molecular formula is C20H21F3N2O3S. The quantitative estimate of drug-likeness (QED) is 0.739. The Morgan fingerprint density at radius 2 is 1.59 bits per heavy atom. The van der Waals surface area contributed by atoms with Crippen molar-refractivity contribution < 1.29 is 26.4 Å². The van der Waals surface area contributed by atoms with Crippen molar-refractivity contribution in [2.75, 3.05) is 26.2 Å². The summed E-state index contributed by atoms with van der Waals surface area (Å²) in [6.45, 7) is 0.923. The third kappa shape index (κ3) is 5.16. The fraction of sp³-hybridized carbons (Fsp3) is 0.350. The van der Waals surface area contributed by atoms with Crippen molar-refractivity contribution in [2.45, 2.75) is 24.2 Å². The summed E-state index contributed by atoms with van der Waals surface area (Å²) in [4.78, 5) is 14.0. The summed E-state index contributed by atoms with van der Waals surface area (Å²) < 4.78 is 66.8. The number of nitrogens with zero attached hydrogens (tertiary/aromatic N) is 2. The van der Waals surface area contributed by atoms with E-state index in [1.54, 1.807) is 0 Å². The average molecular weight is 426 g/mol.